The monoisotopic (exact) mass is 469 g/mol. The zero-order chi connectivity index (χ0) is 24.3. The van der Waals surface area contributed by atoms with Gasteiger partial charge < -0.3 is 20.2 Å². The molecule has 0 radical (unpaired) electrons. The smallest absolute Gasteiger partial charge is 0.436 e. The van der Waals surface area contributed by atoms with E-state index in [1.807, 2.05) is 37.3 Å². The van der Waals surface area contributed by atoms with Crippen molar-refractivity contribution in [3.05, 3.63) is 54.0 Å². The van der Waals surface area contributed by atoms with Crippen LogP contribution in [0, 0.1) is 0 Å². The summed E-state index contributed by atoms with van der Waals surface area (Å²) in [6.45, 7) is 2.13. The third-order valence-corrected chi connectivity index (χ3v) is 4.74. The number of hydrogen-bond donors (Lipinski definition) is 2. The Kier molecular flexibility index (Phi) is 8.86. The number of benzene rings is 1. The molecule has 0 unspecified atom stereocenters. The Hall–Kier alpha value is -4.06. The highest BCUT2D eigenvalue weighted by Crippen LogP contribution is 2.04. The average molecular weight is 470 g/mol. The highest BCUT2D eigenvalue weighted by atomic mass is 16.6. The number of amides is 2. The van der Waals surface area contributed by atoms with Gasteiger partial charge in [0.15, 0.2) is 11.1 Å². The molecule has 0 saturated carbocycles. The van der Waals surface area contributed by atoms with Crippen LogP contribution in [-0.4, -0.2) is 68.8 Å². The number of rotatable bonds is 9. The minimum atomic E-state index is -0.898. The van der Waals surface area contributed by atoms with Crippen LogP contribution in [0.3, 0.4) is 0 Å². The number of fused-ring (bicyclic) bond motifs is 1. The molecule has 0 atom stereocenters. The van der Waals surface area contributed by atoms with Gasteiger partial charge in [-0.05, 0) is 12.0 Å². The lowest BCUT2D eigenvalue weighted by molar-refractivity contribution is 0.0760. The van der Waals surface area contributed by atoms with E-state index >= 15 is 0 Å². The van der Waals surface area contributed by atoms with Crippen LogP contribution in [-0.2, 0) is 16.1 Å². The van der Waals surface area contributed by atoms with Gasteiger partial charge in [-0.15, -0.1) is 0 Å². The number of unbranched alkanes of at least 4 members (excludes halogenated alkanes) is 1. The number of ether oxygens (including phenoxy) is 2. The van der Waals surface area contributed by atoms with Gasteiger partial charge in [0.1, 0.15) is 25.0 Å². The van der Waals surface area contributed by atoms with Crippen LogP contribution < -0.4 is 11.2 Å². The van der Waals surface area contributed by atoms with Crippen LogP contribution >= 0.6 is 0 Å². The van der Waals surface area contributed by atoms with Gasteiger partial charge in [0.25, 0.3) is 5.91 Å². The zero-order valence-corrected chi connectivity index (χ0v) is 18.8. The number of nitrogens with two attached hydrogens (primary N) is 1. The molecule has 12 nitrogen and oxygen atoms in total. The summed E-state index contributed by atoms with van der Waals surface area (Å²) < 4.78 is 11.5. The maximum atomic E-state index is 13.1. The molecule has 34 heavy (non-hydrogen) atoms. The molecule has 0 bridgehead atoms. The maximum absolute atomic E-state index is 13.1. The van der Waals surface area contributed by atoms with E-state index in [1.54, 1.807) is 0 Å². The molecule has 2 aromatic heterocycles. The van der Waals surface area contributed by atoms with E-state index in [0.29, 0.717) is 6.42 Å². The lowest BCUT2D eigenvalue weighted by Crippen LogP contribution is -2.43. The molecule has 2 heterocycles. The van der Waals surface area contributed by atoms with E-state index in [-0.39, 0.29) is 49.5 Å². The number of aromatic nitrogens is 4. The molecule has 3 N–H and O–H groups in total. The lowest BCUT2D eigenvalue weighted by atomic mass is 10.2. The first kappa shape index (κ1) is 24.6. The average Bonchev–Trinajstić information content (AvgIpc) is 3.33. The number of hydrogen-bond acceptors (Lipinski definition) is 8. The molecular formula is C22H27N7O5. The molecule has 0 aliphatic carbocycles. The molecule has 12 heteroatoms. The summed E-state index contributed by atoms with van der Waals surface area (Å²) >= 11 is 0. The molecule has 0 spiro atoms. The van der Waals surface area contributed by atoms with Gasteiger partial charge >= 0.3 is 12.2 Å². The fraction of sp³-hybridized carbons (Fsp3) is 0.364. The molecule has 2 amide bonds. The van der Waals surface area contributed by atoms with Crippen molar-refractivity contribution in [3.8, 4) is 0 Å². The minimum absolute atomic E-state index is 0.0161. The number of nitrogens with zero attached hydrogens (tertiary/aromatic N) is 5. The van der Waals surface area contributed by atoms with Gasteiger partial charge in [0.2, 0.25) is 0 Å². The molecule has 0 aliphatic heterocycles. The Morgan fingerprint density at radius 3 is 2.71 bits per heavy atom. The first-order chi connectivity index (χ1) is 16.5. The zero-order valence-electron chi connectivity index (χ0n) is 18.8. The lowest BCUT2D eigenvalue weighted by Gasteiger charge is -2.21. The number of aromatic amines is 1. The van der Waals surface area contributed by atoms with Crippen molar-refractivity contribution in [2.24, 2.45) is 10.7 Å². The topological polar surface area (TPSA) is 158 Å². The predicted molar refractivity (Wildman–Crippen MR) is 122 cm³/mol. The van der Waals surface area contributed by atoms with Crippen LogP contribution in [0.25, 0.3) is 11.2 Å². The quantitative estimate of drug-likeness (QED) is 0.449. The Bertz CT molecular complexity index is 1190. The molecule has 0 aliphatic rings. The highest BCUT2D eigenvalue weighted by Gasteiger charge is 2.21. The van der Waals surface area contributed by atoms with Crippen LogP contribution in [0.2, 0.25) is 0 Å². The Morgan fingerprint density at radius 1 is 1.18 bits per heavy atom. The summed E-state index contributed by atoms with van der Waals surface area (Å²) in [5, 5.41) is 0. The summed E-state index contributed by atoms with van der Waals surface area (Å²) in [6.07, 6.45) is 2.58. The Balaban J connectivity index is 1.84. The van der Waals surface area contributed by atoms with Crippen molar-refractivity contribution < 1.29 is 23.9 Å². The van der Waals surface area contributed by atoms with Gasteiger partial charge in [-0.25, -0.2) is 19.6 Å². The van der Waals surface area contributed by atoms with Crippen molar-refractivity contribution in [3.63, 3.8) is 0 Å². The van der Waals surface area contributed by atoms with Crippen LogP contribution in [0.1, 0.15) is 30.1 Å². The van der Waals surface area contributed by atoms with E-state index in [0.717, 1.165) is 16.6 Å². The van der Waals surface area contributed by atoms with Crippen molar-refractivity contribution in [1.82, 2.24) is 24.4 Å². The molecular weight excluding hydrogens is 442 g/mol. The molecule has 3 aromatic rings. The first-order valence-corrected chi connectivity index (χ1v) is 10.8. The second-order valence-corrected chi connectivity index (χ2v) is 7.26. The van der Waals surface area contributed by atoms with Crippen molar-refractivity contribution in [1.29, 1.82) is 0 Å². The SMILES string of the molecule is CCCCOC(=O)N(CCN)CC(=O)n1cnc2nc[nH]c2c1=NC(=O)OCc1ccccc1. The Morgan fingerprint density at radius 2 is 1.97 bits per heavy atom. The fourth-order valence-electron chi connectivity index (χ4n) is 2.99. The van der Waals surface area contributed by atoms with Gasteiger partial charge in [0.05, 0.1) is 12.9 Å². The summed E-state index contributed by atoms with van der Waals surface area (Å²) in [4.78, 5) is 54.1. The minimum Gasteiger partial charge on any atom is -0.449 e. The van der Waals surface area contributed by atoms with Gasteiger partial charge in [0, 0.05) is 13.1 Å². The maximum Gasteiger partial charge on any atom is 0.436 e. The first-order valence-electron chi connectivity index (χ1n) is 10.8. The summed E-state index contributed by atoms with van der Waals surface area (Å²) in [6, 6.07) is 9.11. The third kappa shape index (κ3) is 6.48. The standard InChI is InChI=1S/C22H27N7O5/c1-2-3-11-33-22(32)28(10-9-23)12-17(30)29-15-26-19-18(24-14-25-19)20(29)27-21(31)34-13-16-7-5-4-6-8-16/h4-8,14-15H,2-3,9-13,23H2,1H3,(H,24,25). The van der Waals surface area contributed by atoms with Crippen LogP contribution in [0.4, 0.5) is 9.59 Å². The number of carbonyl (C=O) groups is 3. The van der Waals surface area contributed by atoms with E-state index in [2.05, 4.69) is 19.9 Å². The molecule has 3 rings (SSSR count). The van der Waals surface area contributed by atoms with Crippen LogP contribution in [0.15, 0.2) is 48.0 Å². The van der Waals surface area contributed by atoms with Crippen LogP contribution in [0.5, 0.6) is 0 Å². The largest absolute Gasteiger partial charge is 0.449 e. The molecule has 0 fully saturated rings. The van der Waals surface area contributed by atoms with Gasteiger partial charge in [-0.1, -0.05) is 43.7 Å². The van der Waals surface area contributed by atoms with E-state index in [9.17, 15) is 14.4 Å². The molecule has 180 valence electrons. The van der Waals surface area contributed by atoms with Crippen molar-refractivity contribution in [2.75, 3.05) is 26.2 Å². The fourth-order valence-corrected chi connectivity index (χ4v) is 2.99. The van der Waals surface area contributed by atoms with Crippen molar-refractivity contribution >= 4 is 29.3 Å². The predicted octanol–water partition coefficient (Wildman–Crippen LogP) is 1.83. The van der Waals surface area contributed by atoms with Gasteiger partial charge in [-0.3, -0.25) is 14.3 Å². The normalized spacial score (nSPS) is 11.4. The molecule has 1 aromatic carbocycles. The van der Waals surface area contributed by atoms with Gasteiger partial charge in [-0.2, -0.15) is 4.99 Å². The summed E-state index contributed by atoms with van der Waals surface area (Å²) in [5.74, 6) is -0.570. The van der Waals surface area contributed by atoms with E-state index < -0.39 is 18.1 Å². The second kappa shape index (κ2) is 12.3. The van der Waals surface area contributed by atoms with E-state index in [4.69, 9.17) is 15.2 Å². The highest BCUT2D eigenvalue weighted by molar-refractivity contribution is 5.86. The Labute approximate surface area is 195 Å². The third-order valence-electron chi connectivity index (χ3n) is 4.74. The number of H-pyrrole nitrogens is 1. The molecule has 0 saturated heterocycles. The summed E-state index contributed by atoms with van der Waals surface area (Å²) in [7, 11) is 0. The van der Waals surface area contributed by atoms with Crippen molar-refractivity contribution in [2.45, 2.75) is 26.4 Å². The number of nitrogens with one attached hydrogen (secondary N) is 1. The number of carbonyl (C=O) groups excluding carboxylic acids is 3. The second-order valence-electron chi connectivity index (χ2n) is 7.26. The van der Waals surface area contributed by atoms with E-state index in [1.165, 1.54) is 17.6 Å². The number of imidazole rings is 1. The summed E-state index contributed by atoms with van der Waals surface area (Å²) in [5.41, 5.74) is 6.87.